The normalized spacial score (nSPS) is 10.5. The van der Waals surface area contributed by atoms with Crippen LogP contribution in [0.15, 0.2) is 18.2 Å². The predicted molar refractivity (Wildman–Crippen MR) is 41.5 cm³/mol. The average Bonchev–Trinajstić information content (AvgIpc) is 2.08. The van der Waals surface area contributed by atoms with Crippen molar-refractivity contribution >= 4 is 5.78 Å². The van der Waals surface area contributed by atoms with Gasteiger partial charge in [0.1, 0.15) is 5.82 Å². The zero-order chi connectivity index (χ0) is 10.0. The summed E-state index contributed by atoms with van der Waals surface area (Å²) >= 11 is 0. The average molecular weight is 188 g/mol. The second-order valence-electron chi connectivity index (χ2n) is 2.62. The van der Waals surface area contributed by atoms with Gasteiger partial charge in [-0.2, -0.15) is 0 Å². The summed E-state index contributed by atoms with van der Waals surface area (Å²) < 4.78 is 36.5. The van der Waals surface area contributed by atoms with Gasteiger partial charge in [-0.25, -0.2) is 13.2 Å². The third kappa shape index (κ3) is 2.08. The Morgan fingerprint density at radius 2 is 2.00 bits per heavy atom. The number of carbonyl (C=O) groups excluding carboxylic acids is 1. The van der Waals surface area contributed by atoms with E-state index in [1.165, 1.54) is 13.0 Å². The van der Waals surface area contributed by atoms with E-state index in [0.717, 1.165) is 12.1 Å². The third-order valence-electron chi connectivity index (χ3n) is 1.66. The lowest BCUT2D eigenvalue weighted by Gasteiger charge is -2.03. The molecule has 0 aliphatic rings. The van der Waals surface area contributed by atoms with Crippen LogP contribution >= 0.6 is 0 Å². The molecule has 4 heteroatoms. The van der Waals surface area contributed by atoms with E-state index in [1.807, 2.05) is 0 Å². The van der Waals surface area contributed by atoms with Gasteiger partial charge in [-0.05, 0) is 24.6 Å². The molecule has 0 radical (unpaired) electrons. The number of rotatable bonds is 2. The highest BCUT2D eigenvalue weighted by Gasteiger charge is 2.19. The SMILES string of the molecule is Cc1ccc(F)cc1C(=O)C(F)F. The molecule has 0 amide bonds. The maximum Gasteiger partial charge on any atom is 0.300 e. The van der Waals surface area contributed by atoms with Gasteiger partial charge >= 0.3 is 6.43 Å². The first kappa shape index (κ1) is 9.77. The van der Waals surface area contributed by atoms with Crippen LogP contribution in [0, 0.1) is 12.7 Å². The largest absolute Gasteiger partial charge is 0.300 e. The fraction of sp³-hybridized carbons (Fsp3) is 0.222. The minimum absolute atomic E-state index is 0.255. The predicted octanol–water partition coefficient (Wildman–Crippen LogP) is 2.58. The Morgan fingerprint density at radius 3 is 2.54 bits per heavy atom. The van der Waals surface area contributed by atoms with Gasteiger partial charge in [-0.15, -0.1) is 0 Å². The number of halogens is 3. The van der Waals surface area contributed by atoms with Crippen LogP contribution in [0.5, 0.6) is 0 Å². The summed E-state index contributed by atoms with van der Waals surface area (Å²) in [6, 6.07) is 3.24. The van der Waals surface area contributed by atoms with Crippen molar-refractivity contribution in [2.45, 2.75) is 13.3 Å². The Balaban J connectivity index is 3.13. The van der Waals surface area contributed by atoms with Crippen LogP contribution in [-0.4, -0.2) is 12.2 Å². The number of Topliss-reactive ketones (excluding diaryl/α,β-unsaturated/α-hetero) is 1. The molecule has 1 nitrogen and oxygen atoms in total. The van der Waals surface area contributed by atoms with Crippen molar-refractivity contribution in [3.05, 3.63) is 35.1 Å². The lowest BCUT2D eigenvalue weighted by atomic mass is 10.1. The molecule has 0 spiro atoms. The number of carbonyl (C=O) groups is 1. The molecule has 0 saturated carbocycles. The van der Waals surface area contributed by atoms with Gasteiger partial charge in [0, 0.05) is 5.56 Å². The van der Waals surface area contributed by atoms with E-state index >= 15 is 0 Å². The Hall–Kier alpha value is -1.32. The molecule has 0 aliphatic carbocycles. The Labute approximate surface area is 73.2 Å². The quantitative estimate of drug-likeness (QED) is 0.652. The first-order chi connectivity index (χ1) is 6.02. The van der Waals surface area contributed by atoms with Crippen molar-refractivity contribution in [2.75, 3.05) is 0 Å². The summed E-state index contributed by atoms with van der Waals surface area (Å²) in [6.45, 7) is 1.48. The topological polar surface area (TPSA) is 17.1 Å². The number of hydrogen-bond donors (Lipinski definition) is 0. The van der Waals surface area contributed by atoms with Gasteiger partial charge < -0.3 is 0 Å². The molecule has 0 bridgehead atoms. The molecular formula is C9H7F3O. The molecule has 0 atom stereocenters. The minimum atomic E-state index is -3.08. The fourth-order valence-corrected chi connectivity index (χ4v) is 0.977. The summed E-state index contributed by atoms with van der Waals surface area (Å²) in [5.41, 5.74) is 0.0988. The zero-order valence-corrected chi connectivity index (χ0v) is 6.85. The van der Waals surface area contributed by atoms with Crippen LogP contribution in [0.2, 0.25) is 0 Å². The lowest BCUT2D eigenvalue weighted by molar-refractivity contribution is 0.0677. The van der Waals surface area contributed by atoms with Crippen LogP contribution < -0.4 is 0 Å². The van der Waals surface area contributed by atoms with Crippen molar-refractivity contribution in [2.24, 2.45) is 0 Å². The molecule has 0 unspecified atom stereocenters. The van der Waals surface area contributed by atoms with Gasteiger partial charge in [-0.1, -0.05) is 6.07 Å². The zero-order valence-electron chi connectivity index (χ0n) is 6.85. The van der Waals surface area contributed by atoms with Crippen molar-refractivity contribution in [3.63, 3.8) is 0 Å². The van der Waals surface area contributed by atoms with E-state index in [1.54, 1.807) is 0 Å². The summed E-state index contributed by atoms with van der Waals surface area (Å²) in [5, 5.41) is 0. The maximum absolute atomic E-state index is 12.6. The molecule has 0 fully saturated rings. The summed E-state index contributed by atoms with van der Waals surface area (Å²) in [7, 11) is 0. The Morgan fingerprint density at radius 1 is 1.38 bits per heavy atom. The van der Waals surface area contributed by atoms with E-state index in [9.17, 15) is 18.0 Å². The van der Waals surface area contributed by atoms with Crippen LogP contribution in [0.4, 0.5) is 13.2 Å². The van der Waals surface area contributed by atoms with Gasteiger partial charge in [0.15, 0.2) is 0 Å². The maximum atomic E-state index is 12.6. The smallest absolute Gasteiger partial charge is 0.288 e. The molecule has 0 heterocycles. The molecule has 1 aromatic rings. The van der Waals surface area contributed by atoms with E-state index in [-0.39, 0.29) is 5.56 Å². The van der Waals surface area contributed by atoms with Crippen molar-refractivity contribution in [1.29, 1.82) is 0 Å². The molecule has 0 aliphatic heterocycles. The Kier molecular flexibility index (Phi) is 2.70. The molecule has 70 valence electrons. The third-order valence-corrected chi connectivity index (χ3v) is 1.66. The standard InChI is InChI=1S/C9H7F3O/c1-5-2-3-6(10)4-7(5)8(13)9(11)12/h2-4,9H,1H3. The monoisotopic (exact) mass is 188 g/mol. The number of benzene rings is 1. The summed E-state index contributed by atoms with van der Waals surface area (Å²) in [6.07, 6.45) is -3.08. The second kappa shape index (κ2) is 3.60. The van der Waals surface area contributed by atoms with E-state index in [0.29, 0.717) is 5.56 Å². The van der Waals surface area contributed by atoms with Gasteiger partial charge in [0.25, 0.3) is 0 Å². The van der Waals surface area contributed by atoms with E-state index in [2.05, 4.69) is 0 Å². The van der Waals surface area contributed by atoms with Crippen LogP contribution in [0.3, 0.4) is 0 Å². The fourth-order valence-electron chi connectivity index (χ4n) is 0.977. The summed E-state index contributed by atoms with van der Waals surface area (Å²) in [4.78, 5) is 10.8. The minimum Gasteiger partial charge on any atom is -0.288 e. The molecule has 1 aromatic carbocycles. The van der Waals surface area contributed by atoms with E-state index in [4.69, 9.17) is 0 Å². The number of aryl methyl sites for hydroxylation is 1. The molecule has 0 N–H and O–H groups in total. The first-order valence-corrected chi connectivity index (χ1v) is 3.61. The number of alkyl halides is 2. The number of ketones is 1. The highest BCUT2D eigenvalue weighted by Crippen LogP contribution is 2.14. The van der Waals surface area contributed by atoms with Gasteiger partial charge in [0.2, 0.25) is 5.78 Å². The van der Waals surface area contributed by atoms with Crippen LogP contribution in [-0.2, 0) is 0 Å². The van der Waals surface area contributed by atoms with Crippen LogP contribution in [0.1, 0.15) is 15.9 Å². The molecular weight excluding hydrogens is 181 g/mol. The van der Waals surface area contributed by atoms with Crippen molar-refractivity contribution in [3.8, 4) is 0 Å². The first-order valence-electron chi connectivity index (χ1n) is 3.61. The molecule has 1 rings (SSSR count). The van der Waals surface area contributed by atoms with Crippen molar-refractivity contribution < 1.29 is 18.0 Å². The Bertz CT molecular complexity index is 334. The molecule has 13 heavy (non-hydrogen) atoms. The van der Waals surface area contributed by atoms with Gasteiger partial charge in [-0.3, -0.25) is 4.79 Å². The number of hydrogen-bond acceptors (Lipinski definition) is 1. The molecule has 0 saturated heterocycles. The highest BCUT2D eigenvalue weighted by atomic mass is 19.3. The van der Waals surface area contributed by atoms with Crippen LogP contribution in [0.25, 0.3) is 0 Å². The van der Waals surface area contributed by atoms with E-state index < -0.39 is 18.0 Å². The van der Waals surface area contributed by atoms with Gasteiger partial charge in [0.05, 0.1) is 0 Å². The summed E-state index contributed by atoms with van der Waals surface area (Å²) in [5.74, 6) is -2.02. The van der Waals surface area contributed by atoms with Crippen molar-refractivity contribution in [1.82, 2.24) is 0 Å². The highest BCUT2D eigenvalue weighted by molar-refractivity contribution is 5.99. The molecule has 0 aromatic heterocycles. The second-order valence-corrected chi connectivity index (χ2v) is 2.62. The lowest BCUT2D eigenvalue weighted by Crippen LogP contribution is -2.12.